The van der Waals surface area contributed by atoms with Gasteiger partial charge in [0.25, 0.3) is 0 Å². The Balaban J connectivity index is 1.40. The van der Waals surface area contributed by atoms with Gasteiger partial charge in [-0.15, -0.1) is 0 Å². The van der Waals surface area contributed by atoms with Crippen LogP contribution in [0.5, 0.6) is 0 Å². The highest BCUT2D eigenvalue weighted by Gasteiger charge is 2.39. The second kappa shape index (κ2) is 11.9. The molecule has 0 radical (unpaired) electrons. The van der Waals surface area contributed by atoms with Crippen molar-refractivity contribution in [2.24, 2.45) is 0 Å². The lowest BCUT2D eigenvalue weighted by atomic mass is 9.95. The molecule has 0 N–H and O–H groups in total. The monoisotopic (exact) mass is 790 g/mol. The first kappa shape index (κ1) is 36.1. The van der Waals surface area contributed by atoms with Crippen molar-refractivity contribution < 1.29 is 65.5 Å². The van der Waals surface area contributed by atoms with Crippen molar-refractivity contribution in [3.63, 3.8) is 0 Å². The van der Waals surface area contributed by atoms with Crippen LogP contribution in [0.15, 0.2) is 73.7 Å². The third kappa shape index (κ3) is 4.68. The summed E-state index contributed by atoms with van der Waals surface area (Å²) in [6.45, 7) is 0. The molecule has 0 atom stereocenters. The van der Waals surface area contributed by atoms with Gasteiger partial charge >= 0.3 is 0 Å². The summed E-state index contributed by atoms with van der Waals surface area (Å²) < 4.78 is 194. The first-order valence-corrected chi connectivity index (χ1v) is 17.4. The summed E-state index contributed by atoms with van der Waals surface area (Å²) in [6, 6.07) is 10.4. The molecule has 0 aliphatic heterocycles. The number of ketones is 1. The molecule has 0 amide bonds. The largest absolute Gasteiger partial charge is 0.289 e. The van der Waals surface area contributed by atoms with Crippen LogP contribution < -0.4 is 0 Å². The molecule has 2 aliphatic carbocycles. The molecular formula is C35H8F10N2O5S2. The predicted molar refractivity (Wildman–Crippen MR) is 161 cm³/mol. The number of allylic oxidation sites excluding steroid dienone is 1. The number of nitrogens with zero attached hydrogens (tertiary/aromatic N) is 2. The molecule has 0 bridgehead atoms. The van der Waals surface area contributed by atoms with Crippen LogP contribution in [0, 0.1) is 80.8 Å². The summed E-state index contributed by atoms with van der Waals surface area (Å²) in [5, 5.41) is 19.5. The van der Waals surface area contributed by atoms with Crippen LogP contribution in [0.2, 0.25) is 0 Å². The first-order chi connectivity index (χ1) is 25.3. The molecule has 0 saturated carbocycles. The van der Waals surface area contributed by atoms with Gasteiger partial charge in [-0.1, -0.05) is 12.1 Å². The molecule has 0 heterocycles. The minimum atomic E-state index is -5.54. The molecule has 5 aromatic carbocycles. The number of hydrogen-bond donors (Lipinski definition) is 0. The normalized spacial score (nSPS) is 12.9. The smallest absolute Gasteiger partial charge is 0.212 e. The number of benzene rings is 5. The number of halogens is 10. The second-order valence-electron chi connectivity index (χ2n) is 11.5. The van der Waals surface area contributed by atoms with Gasteiger partial charge in [0, 0.05) is 16.7 Å². The number of fused-ring (bicyclic) bond motifs is 6. The van der Waals surface area contributed by atoms with E-state index in [4.69, 9.17) is 0 Å². The van der Waals surface area contributed by atoms with Crippen molar-refractivity contribution in [3.8, 4) is 34.4 Å². The minimum Gasteiger partial charge on any atom is -0.289 e. The maximum Gasteiger partial charge on any atom is 0.212 e. The lowest BCUT2D eigenvalue weighted by Gasteiger charge is -2.11. The van der Waals surface area contributed by atoms with Crippen molar-refractivity contribution in [1.29, 1.82) is 10.5 Å². The number of hydrogen-bond acceptors (Lipinski definition) is 7. The fourth-order valence-electron chi connectivity index (χ4n) is 6.26. The summed E-state index contributed by atoms with van der Waals surface area (Å²) >= 11 is 0. The van der Waals surface area contributed by atoms with Gasteiger partial charge in [0.05, 0.1) is 9.79 Å². The molecule has 0 aromatic heterocycles. The SMILES string of the molecule is N#CC(C#N)=C1c2cc(S(=O)(=O)c3c(F)c(F)c(F)c(F)c3F)ccc2-c2cc3c(cc21)C(=O)c1cc(S(=O)(=O)c2c(F)c(F)c(F)c(F)c2F)ccc1-3. The summed E-state index contributed by atoms with van der Waals surface area (Å²) in [5.74, 6) is -26.9. The van der Waals surface area contributed by atoms with Gasteiger partial charge in [0.15, 0.2) is 52.3 Å². The van der Waals surface area contributed by atoms with E-state index in [1.54, 1.807) is 12.1 Å². The minimum absolute atomic E-state index is 0.0144. The lowest BCUT2D eigenvalue weighted by molar-refractivity contribution is 0.104. The van der Waals surface area contributed by atoms with E-state index < -0.39 is 114 Å². The third-order valence-corrected chi connectivity index (χ3v) is 12.3. The van der Waals surface area contributed by atoms with E-state index in [0.29, 0.717) is 12.1 Å². The maximum atomic E-state index is 14.6. The van der Waals surface area contributed by atoms with Gasteiger partial charge in [-0.25, -0.2) is 60.7 Å². The Morgan fingerprint density at radius 1 is 0.426 bits per heavy atom. The Morgan fingerprint density at radius 2 is 0.741 bits per heavy atom. The molecule has 5 aromatic rings. The van der Waals surface area contributed by atoms with Crippen LogP contribution in [-0.4, -0.2) is 22.6 Å². The van der Waals surface area contributed by atoms with Crippen LogP contribution >= 0.6 is 0 Å². The molecule has 0 saturated heterocycles. The summed E-state index contributed by atoms with van der Waals surface area (Å²) in [5.41, 5.74) is -1.85. The molecule has 54 heavy (non-hydrogen) atoms. The van der Waals surface area contributed by atoms with Gasteiger partial charge in [-0.3, -0.25) is 4.79 Å². The van der Waals surface area contributed by atoms with E-state index in [2.05, 4.69) is 0 Å². The predicted octanol–water partition coefficient (Wildman–Crippen LogP) is 7.78. The quantitative estimate of drug-likeness (QED) is 0.0585. The standard InChI is InChI=1S/C35H8F10N2O5S2/c36-23-25(38)29(42)34(30(43)26(23)39)53(49,50)12-1-3-14-16-7-17-15-4-2-13(54(51,52)35-31(44)27(40)24(37)28(41)32(35)45)6-20(15)33(48)21(17)8-19(16)22(18(14)5-12)11(9-46)10-47/h1-8H. The van der Waals surface area contributed by atoms with Crippen molar-refractivity contribution in [3.05, 3.63) is 135 Å². The molecule has 0 spiro atoms. The topological polar surface area (TPSA) is 133 Å². The van der Waals surface area contributed by atoms with Gasteiger partial charge in [0.1, 0.15) is 27.5 Å². The average molecular weight is 791 g/mol. The van der Waals surface area contributed by atoms with E-state index in [1.807, 2.05) is 0 Å². The summed E-state index contributed by atoms with van der Waals surface area (Å²) in [4.78, 5) is 7.25. The van der Waals surface area contributed by atoms with E-state index in [1.165, 1.54) is 6.07 Å². The number of carbonyl (C=O) groups excluding carboxylic acids is 1. The van der Waals surface area contributed by atoms with Gasteiger partial charge < -0.3 is 0 Å². The highest BCUT2D eigenvalue weighted by molar-refractivity contribution is 7.91. The van der Waals surface area contributed by atoms with E-state index >= 15 is 0 Å². The Morgan fingerprint density at radius 3 is 1.17 bits per heavy atom. The zero-order chi connectivity index (χ0) is 39.5. The van der Waals surface area contributed by atoms with Crippen LogP contribution in [0.4, 0.5) is 43.9 Å². The van der Waals surface area contributed by atoms with Crippen LogP contribution in [-0.2, 0) is 19.7 Å². The Hall–Kier alpha value is -6.31. The summed E-state index contributed by atoms with van der Waals surface area (Å²) in [7, 11) is -11.0. The lowest BCUT2D eigenvalue weighted by Crippen LogP contribution is -2.13. The van der Waals surface area contributed by atoms with E-state index in [-0.39, 0.29) is 44.5 Å². The Bertz CT molecular complexity index is 2950. The van der Waals surface area contributed by atoms with Gasteiger partial charge in [-0.2, -0.15) is 10.5 Å². The molecule has 19 heteroatoms. The van der Waals surface area contributed by atoms with Crippen molar-refractivity contribution in [2.45, 2.75) is 19.6 Å². The molecule has 7 nitrogen and oxygen atoms in total. The highest BCUT2D eigenvalue weighted by Crippen LogP contribution is 2.51. The number of sulfone groups is 2. The number of rotatable bonds is 4. The molecule has 7 rings (SSSR count). The molecule has 0 fully saturated rings. The average Bonchev–Trinajstić information content (AvgIpc) is 3.61. The number of nitriles is 2. The third-order valence-electron chi connectivity index (χ3n) is 8.72. The molecule has 2 aliphatic rings. The first-order valence-electron chi connectivity index (χ1n) is 14.4. The van der Waals surface area contributed by atoms with Crippen LogP contribution in [0.25, 0.3) is 27.8 Å². The Labute approximate surface area is 295 Å². The molecule has 0 unspecified atom stereocenters. The second-order valence-corrected chi connectivity index (χ2v) is 15.2. The zero-order valence-corrected chi connectivity index (χ0v) is 27.3. The van der Waals surface area contributed by atoms with E-state index in [9.17, 15) is 76.1 Å². The number of carbonyl (C=O) groups is 1. The highest BCUT2D eigenvalue weighted by atomic mass is 32.2. The van der Waals surface area contributed by atoms with Crippen molar-refractivity contribution >= 4 is 31.0 Å². The zero-order valence-electron chi connectivity index (χ0n) is 25.7. The maximum absolute atomic E-state index is 14.6. The van der Waals surface area contributed by atoms with Crippen LogP contribution in [0.1, 0.15) is 27.0 Å². The fourth-order valence-corrected chi connectivity index (χ4v) is 9.07. The summed E-state index contributed by atoms with van der Waals surface area (Å²) in [6.07, 6.45) is 0. The molecule has 270 valence electrons. The van der Waals surface area contributed by atoms with Gasteiger partial charge in [0.2, 0.25) is 31.3 Å². The van der Waals surface area contributed by atoms with Crippen LogP contribution in [0.3, 0.4) is 0 Å². The Kier molecular flexibility index (Phi) is 7.91. The molecular weight excluding hydrogens is 783 g/mol. The van der Waals surface area contributed by atoms with Crippen molar-refractivity contribution in [1.82, 2.24) is 0 Å². The van der Waals surface area contributed by atoms with Gasteiger partial charge in [-0.05, 0) is 69.8 Å². The van der Waals surface area contributed by atoms with Crippen molar-refractivity contribution in [2.75, 3.05) is 0 Å². The van der Waals surface area contributed by atoms with E-state index in [0.717, 1.165) is 30.3 Å². The fraction of sp³-hybridized carbons (Fsp3) is 0.